The highest BCUT2D eigenvalue weighted by Gasteiger charge is 2.06. The van der Waals surface area contributed by atoms with Gasteiger partial charge in [-0.3, -0.25) is 4.79 Å². The van der Waals surface area contributed by atoms with Crippen LogP contribution in [0.15, 0.2) is 22.7 Å². The van der Waals surface area contributed by atoms with Crippen LogP contribution in [-0.4, -0.2) is 12.5 Å². The zero-order chi connectivity index (χ0) is 12.7. The van der Waals surface area contributed by atoms with E-state index in [0.29, 0.717) is 28.0 Å². The van der Waals surface area contributed by atoms with E-state index in [9.17, 15) is 4.79 Å². The first-order valence-corrected chi connectivity index (χ1v) is 6.42. The molecule has 0 aliphatic heterocycles. The molecule has 1 N–H and O–H groups in total. The summed E-state index contributed by atoms with van der Waals surface area (Å²) in [5.41, 5.74) is 0.571. The Labute approximate surface area is 114 Å². The number of hydrogen-bond donors (Lipinski definition) is 1. The zero-order valence-corrected chi connectivity index (χ0v) is 11.5. The molecular formula is C12H12BrClN2O. The number of benzene rings is 1. The van der Waals surface area contributed by atoms with E-state index >= 15 is 0 Å². The van der Waals surface area contributed by atoms with Gasteiger partial charge in [0.2, 0.25) is 0 Å². The Morgan fingerprint density at radius 1 is 1.47 bits per heavy atom. The molecule has 0 atom stereocenters. The number of nitrogens with zero attached hydrogens (tertiary/aromatic N) is 1. The first-order valence-electron chi connectivity index (χ1n) is 5.25. The van der Waals surface area contributed by atoms with E-state index in [1.54, 1.807) is 18.2 Å². The van der Waals surface area contributed by atoms with Gasteiger partial charge in [-0.15, -0.1) is 0 Å². The minimum absolute atomic E-state index is 0.126. The minimum Gasteiger partial charge on any atom is -0.352 e. The molecule has 1 rings (SSSR count). The number of nitrogens with one attached hydrogen (secondary N) is 1. The molecule has 3 nitrogen and oxygen atoms in total. The second-order valence-corrected chi connectivity index (χ2v) is 4.76. The van der Waals surface area contributed by atoms with Crippen LogP contribution >= 0.6 is 27.5 Å². The SMILES string of the molecule is N#CCCCCNC(=O)c1ccc(Cl)c(Br)c1. The summed E-state index contributed by atoms with van der Waals surface area (Å²) < 4.78 is 0.705. The van der Waals surface area contributed by atoms with Crippen LogP contribution in [-0.2, 0) is 0 Å². The molecular weight excluding hydrogens is 304 g/mol. The molecule has 90 valence electrons. The lowest BCUT2D eigenvalue weighted by atomic mass is 10.2. The number of nitriles is 1. The first kappa shape index (κ1) is 14.0. The smallest absolute Gasteiger partial charge is 0.251 e. The molecule has 1 aromatic carbocycles. The number of unbranched alkanes of at least 4 members (excludes halogenated alkanes) is 2. The monoisotopic (exact) mass is 314 g/mol. The van der Waals surface area contributed by atoms with Crippen molar-refractivity contribution in [3.05, 3.63) is 33.3 Å². The maximum absolute atomic E-state index is 11.7. The van der Waals surface area contributed by atoms with Gasteiger partial charge in [0.05, 0.1) is 11.1 Å². The van der Waals surface area contributed by atoms with Crippen LogP contribution in [0.3, 0.4) is 0 Å². The molecule has 0 saturated carbocycles. The van der Waals surface area contributed by atoms with E-state index in [-0.39, 0.29) is 5.91 Å². The van der Waals surface area contributed by atoms with Crippen molar-refractivity contribution in [2.24, 2.45) is 0 Å². The molecule has 0 saturated heterocycles. The first-order chi connectivity index (χ1) is 8.15. The van der Waals surface area contributed by atoms with Crippen LogP contribution in [0.4, 0.5) is 0 Å². The Bertz CT molecular complexity index is 443. The highest BCUT2D eigenvalue weighted by atomic mass is 79.9. The standard InChI is InChI=1S/C12H12BrClN2O/c13-10-8-9(4-5-11(10)14)12(17)16-7-3-1-2-6-15/h4-5,8H,1-3,7H2,(H,16,17). The Morgan fingerprint density at radius 2 is 2.24 bits per heavy atom. The summed E-state index contributed by atoms with van der Waals surface area (Å²) in [4.78, 5) is 11.7. The van der Waals surface area contributed by atoms with Crippen molar-refractivity contribution in [1.29, 1.82) is 5.26 Å². The van der Waals surface area contributed by atoms with Gasteiger partial charge >= 0.3 is 0 Å². The van der Waals surface area contributed by atoms with Crippen LogP contribution in [0.5, 0.6) is 0 Å². The summed E-state index contributed by atoms with van der Waals surface area (Å²) in [7, 11) is 0. The van der Waals surface area contributed by atoms with E-state index in [0.717, 1.165) is 12.8 Å². The molecule has 0 radical (unpaired) electrons. The van der Waals surface area contributed by atoms with Gasteiger partial charge in [-0.05, 0) is 47.0 Å². The summed E-state index contributed by atoms with van der Waals surface area (Å²) in [5, 5.41) is 11.7. The zero-order valence-electron chi connectivity index (χ0n) is 9.17. The molecule has 0 unspecified atom stereocenters. The topological polar surface area (TPSA) is 52.9 Å². The number of amides is 1. The predicted octanol–water partition coefficient (Wildman–Crippen LogP) is 3.53. The van der Waals surface area contributed by atoms with E-state index in [1.807, 2.05) is 0 Å². The van der Waals surface area contributed by atoms with Gasteiger partial charge in [-0.2, -0.15) is 5.26 Å². The highest BCUT2D eigenvalue weighted by Crippen LogP contribution is 2.23. The fourth-order valence-electron chi connectivity index (χ4n) is 1.27. The number of hydrogen-bond acceptors (Lipinski definition) is 2. The fraction of sp³-hybridized carbons (Fsp3) is 0.333. The van der Waals surface area contributed by atoms with E-state index < -0.39 is 0 Å². The van der Waals surface area contributed by atoms with E-state index in [2.05, 4.69) is 27.3 Å². The Kier molecular flexibility index (Phi) is 6.03. The van der Waals surface area contributed by atoms with Crippen molar-refractivity contribution in [1.82, 2.24) is 5.32 Å². The molecule has 1 aromatic rings. The number of carbonyl (C=O) groups excluding carboxylic acids is 1. The average Bonchev–Trinajstić information content (AvgIpc) is 2.32. The fourth-order valence-corrected chi connectivity index (χ4v) is 1.77. The predicted molar refractivity (Wildman–Crippen MR) is 70.9 cm³/mol. The molecule has 0 aliphatic carbocycles. The maximum atomic E-state index is 11.7. The van der Waals surface area contributed by atoms with Crippen molar-refractivity contribution in [2.75, 3.05) is 6.54 Å². The average molecular weight is 316 g/mol. The van der Waals surface area contributed by atoms with Crippen molar-refractivity contribution in [3.63, 3.8) is 0 Å². The second kappa shape index (κ2) is 7.31. The molecule has 1 amide bonds. The summed E-state index contributed by atoms with van der Waals surface area (Å²) in [5.74, 6) is -0.126. The highest BCUT2D eigenvalue weighted by molar-refractivity contribution is 9.10. The number of halogens is 2. The molecule has 17 heavy (non-hydrogen) atoms. The molecule has 0 heterocycles. The maximum Gasteiger partial charge on any atom is 0.251 e. The molecule has 0 fully saturated rings. The van der Waals surface area contributed by atoms with Crippen LogP contribution < -0.4 is 5.32 Å². The molecule has 5 heteroatoms. The van der Waals surface area contributed by atoms with Gasteiger partial charge < -0.3 is 5.32 Å². The van der Waals surface area contributed by atoms with Crippen molar-refractivity contribution in [2.45, 2.75) is 19.3 Å². The summed E-state index contributed by atoms with van der Waals surface area (Å²) in [6, 6.07) is 7.11. The van der Waals surface area contributed by atoms with E-state index in [4.69, 9.17) is 16.9 Å². The van der Waals surface area contributed by atoms with Crippen molar-refractivity contribution in [3.8, 4) is 6.07 Å². The Morgan fingerprint density at radius 3 is 2.88 bits per heavy atom. The normalized spacial score (nSPS) is 9.71. The summed E-state index contributed by atoms with van der Waals surface area (Å²) >= 11 is 9.11. The molecule has 0 aromatic heterocycles. The minimum atomic E-state index is -0.126. The molecule has 0 spiro atoms. The van der Waals surface area contributed by atoms with Crippen molar-refractivity contribution >= 4 is 33.4 Å². The van der Waals surface area contributed by atoms with Crippen LogP contribution in [0, 0.1) is 11.3 Å². The second-order valence-electron chi connectivity index (χ2n) is 3.50. The van der Waals surface area contributed by atoms with Gasteiger partial charge in [0.15, 0.2) is 0 Å². The van der Waals surface area contributed by atoms with Crippen LogP contribution in [0.1, 0.15) is 29.6 Å². The third-order valence-electron chi connectivity index (χ3n) is 2.18. The van der Waals surface area contributed by atoms with Gasteiger partial charge in [-0.25, -0.2) is 0 Å². The van der Waals surface area contributed by atoms with Crippen molar-refractivity contribution < 1.29 is 4.79 Å². The lowest BCUT2D eigenvalue weighted by molar-refractivity contribution is 0.0953. The van der Waals surface area contributed by atoms with Gasteiger partial charge in [0.25, 0.3) is 5.91 Å². The lowest BCUT2D eigenvalue weighted by Gasteiger charge is -2.05. The van der Waals surface area contributed by atoms with Gasteiger partial charge in [0, 0.05) is 23.0 Å². The van der Waals surface area contributed by atoms with Crippen LogP contribution in [0.2, 0.25) is 5.02 Å². The summed E-state index contributed by atoms with van der Waals surface area (Å²) in [6.45, 7) is 0.584. The number of rotatable bonds is 5. The summed E-state index contributed by atoms with van der Waals surface area (Å²) in [6.07, 6.45) is 2.15. The quantitative estimate of drug-likeness (QED) is 0.845. The van der Waals surface area contributed by atoms with Gasteiger partial charge in [-0.1, -0.05) is 11.6 Å². The third kappa shape index (κ3) is 4.76. The third-order valence-corrected chi connectivity index (χ3v) is 3.40. The molecule has 0 aliphatic rings. The van der Waals surface area contributed by atoms with Gasteiger partial charge in [0.1, 0.15) is 0 Å². The number of carbonyl (C=O) groups is 1. The van der Waals surface area contributed by atoms with Crippen LogP contribution in [0.25, 0.3) is 0 Å². The Balaban J connectivity index is 2.42. The largest absolute Gasteiger partial charge is 0.352 e. The van der Waals surface area contributed by atoms with E-state index in [1.165, 1.54) is 0 Å². The lowest BCUT2D eigenvalue weighted by Crippen LogP contribution is -2.24. The Hall–Kier alpha value is -1.05. The molecule has 0 bridgehead atoms.